The molecule has 0 aliphatic carbocycles. The van der Waals surface area contributed by atoms with Gasteiger partial charge in [-0.2, -0.15) is 0 Å². The molecule has 0 saturated carbocycles. The molecule has 1 aliphatic heterocycles. The number of hydrogen-bond donors (Lipinski definition) is 5. The van der Waals surface area contributed by atoms with Crippen LogP contribution in [-0.4, -0.2) is 53.7 Å². The van der Waals surface area contributed by atoms with Crippen LogP contribution in [0.2, 0.25) is 0 Å². The van der Waals surface area contributed by atoms with Gasteiger partial charge in [-0.15, -0.1) is 0 Å². The van der Waals surface area contributed by atoms with Gasteiger partial charge < -0.3 is 26.4 Å². The molecular weight excluding hydrogens is 374 g/mol. The van der Waals surface area contributed by atoms with Crippen molar-refractivity contribution in [1.29, 1.82) is 0 Å². The summed E-state index contributed by atoms with van der Waals surface area (Å²) in [4.78, 5) is 39.2. The number of carboxylic acid groups (broad SMARTS) is 1. The number of aliphatic carboxylic acids is 1. The highest BCUT2D eigenvalue weighted by Crippen LogP contribution is 2.20. The smallest absolute Gasteiger partial charge is 0.326 e. The second-order valence-corrected chi connectivity index (χ2v) is 7.08. The van der Waals surface area contributed by atoms with Crippen molar-refractivity contribution in [3.63, 3.8) is 0 Å². The third-order valence-corrected chi connectivity index (χ3v) is 4.73. The van der Waals surface area contributed by atoms with Crippen molar-refractivity contribution >= 4 is 23.7 Å². The topological polar surface area (TPSA) is 132 Å². The van der Waals surface area contributed by atoms with E-state index in [-0.39, 0.29) is 18.9 Å². The minimum atomic E-state index is -1.13. The maximum Gasteiger partial charge on any atom is 0.326 e. The van der Waals surface area contributed by atoms with Crippen molar-refractivity contribution in [3.05, 3.63) is 23.4 Å². The molecule has 160 valence electrons. The molecule has 2 heterocycles. The maximum absolute atomic E-state index is 11.9. The maximum atomic E-state index is 11.9. The second-order valence-electron chi connectivity index (χ2n) is 7.08. The number of aromatic nitrogens is 1. The summed E-state index contributed by atoms with van der Waals surface area (Å²) in [6.45, 7) is 3.31. The summed E-state index contributed by atoms with van der Waals surface area (Å²) in [5, 5.41) is 20.0. The van der Waals surface area contributed by atoms with E-state index < -0.39 is 18.0 Å². The Bertz CT molecular complexity index is 710. The van der Waals surface area contributed by atoms with Crippen LogP contribution in [0.4, 0.5) is 10.6 Å². The Morgan fingerprint density at radius 2 is 2.07 bits per heavy atom. The molecule has 1 aromatic rings. The molecule has 1 aliphatic rings. The lowest BCUT2D eigenvalue weighted by Gasteiger charge is -2.17. The number of aryl methyl sites for hydroxylation is 2. The molecule has 2 rings (SSSR count). The zero-order chi connectivity index (χ0) is 21.1. The number of urea groups is 1. The third kappa shape index (κ3) is 7.97. The lowest BCUT2D eigenvalue weighted by Crippen LogP contribution is -2.47. The summed E-state index contributed by atoms with van der Waals surface area (Å²) in [6, 6.07) is 2.62. The molecule has 29 heavy (non-hydrogen) atoms. The van der Waals surface area contributed by atoms with Crippen molar-refractivity contribution in [3.8, 4) is 0 Å². The Balaban J connectivity index is 1.61. The Morgan fingerprint density at radius 3 is 2.83 bits per heavy atom. The first-order valence-electron chi connectivity index (χ1n) is 10.3. The molecule has 5 N–H and O–H groups in total. The largest absolute Gasteiger partial charge is 0.480 e. The fourth-order valence-electron chi connectivity index (χ4n) is 3.17. The number of carbonyl (C=O) groups is 3. The average molecular weight is 405 g/mol. The number of anilines is 1. The molecule has 1 aromatic heterocycles. The summed E-state index contributed by atoms with van der Waals surface area (Å²) in [5.41, 5.74) is 2.29. The predicted molar refractivity (Wildman–Crippen MR) is 110 cm³/mol. The predicted octanol–water partition coefficient (Wildman–Crippen LogP) is 1.43. The average Bonchev–Trinajstić information content (AvgIpc) is 2.70. The molecule has 0 aromatic carbocycles. The van der Waals surface area contributed by atoms with Crippen molar-refractivity contribution in [1.82, 2.24) is 20.9 Å². The summed E-state index contributed by atoms with van der Waals surface area (Å²) in [5.74, 6) is -0.259. The van der Waals surface area contributed by atoms with E-state index in [2.05, 4.69) is 38.4 Å². The van der Waals surface area contributed by atoms with E-state index in [4.69, 9.17) is 5.11 Å². The third-order valence-electron chi connectivity index (χ3n) is 4.73. The Hall–Kier alpha value is -2.84. The zero-order valence-electron chi connectivity index (χ0n) is 16.9. The number of nitrogens with one attached hydrogen (secondary N) is 4. The number of amides is 3. The van der Waals surface area contributed by atoms with Crippen molar-refractivity contribution < 1.29 is 19.5 Å². The highest BCUT2D eigenvalue weighted by molar-refractivity contribution is 5.82. The van der Waals surface area contributed by atoms with Crippen LogP contribution in [0.3, 0.4) is 0 Å². The summed E-state index contributed by atoms with van der Waals surface area (Å²) in [6.07, 6.45) is 5.12. The van der Waals surface area contributed by atoms with Crippen LogP contribution >= 0.6 is 0 Å². The molecule has 0 radical (unpaired) electrons. The van der Waals surface area contributed by atoms with Crippen molar-refractivity contribution in [2.45, 2.75) is 57.9 Å². The van der Waals surface area contributed by atoms with Crippen molar-refractivity contribution in [2.75, 3.05) is 25.0 Å². The number of hydrogen-bond acceptors (Lipinski definition) is 5. The van der Waals surface area contributed by atoms with Crippen LogP contribution in [0.1, 0.15) is 50.3 Å². The molecule has 0 spiro atoms. The van der Waals surface area contributed by atoms with Gasteiger partial charge in [0.05, 0.1) is 0 Å². The van der Waals surface area contributed by atoms with Gasteiger partial charge in [-0.25, -0.2) is 14.6 Å². The van der Waals surface area contributed by atoms with E-state index in [0.717, 1.165) is 50.2 Å². The van der Waals surface area contributed by atoms with Crippen LogP contribution in [0.25, 0.3) is 0 Å². The molecule has 0 fully saturated rings. The normalized spacial score (nSPS) is 13.6. The molecule has 9 nitrogen and oxygen atoms in total. The van der Waals surface area contributed by atoms with Crippen LogP contribution in [0.5, 0.6) is 0 Å². The molecule has 0 saturated heterocycles. The lowest BCUT2D eigenvalue weighted by molar-refractivity contribution is -0.139. The number of rotatable bonds is 11. The number of nitrogens with zero attached hydrogens (tertiary/aromatic N) is 1. The van der Waals surface area contributed by atoms with Crippen LogP contribution in [0, 0.1) is 0 Å². The highest BCUT2D eigenvalue weighted by Gasteiger charge is 2.19. The number of pyridine rings is 1. The first kappa shape index (κ1) is 22.4. The van der Waals surface area contributed by atoms with Crippen LogP contribution in [-0.2, 0) is 22.4 Å². The molecular formula is C20H31N5O4. The van der Waals surface area contributed by atoms with Gasteiger partial charge in [0.15, 0.2) is 0 Å². The van der Waals surface area contributed by atoms with Gasteiger partial charge in [0.2, 0.25) is 5.91 Å². The minimum absolute atomic E-state index is 0.118. The van der Waals surface area contributed by atoms with Crippen molar-refractivity contribution in [2.24, 2.45) is 0 Å². The van der Waals surface area contributed by atoms with Gasteiger partial charge in [-0.1, -0.05) is 6.07 Å². The van der Waals surface area contributed by atoms with E-state index >= 15 is 0 Å². The monoisotopic (exact) mass is 405 g/mol. The standard InChI is InChI=1S/C20H31N5O4/c1-2-21-20(29)25-16(19(27)28)11-13-22-17(26)8-4-3-7-15-10-9-14-6-5-12-23-18(14)24-15/h9-10,16H,2-8,11-13H2,1H3,(H,22,26)(H,23,24)(H,27,28)(H2,21,25,29). The van der Waals surface area contributed by atoms with Crippen LogP contribution < -0.4 is 21.3 Å². The quantitative estimate of drug-likeness (QED) is 0.354. The summed E-state index contributed by atoms with van der Waals surface area (Å²) < 4.78 is 0. The van der Waals surface area contributed by atoms with E-state index in [1.54, 1.807) is 6.92 Å². The van der Waals surface area contributed by atoms with Crippen LogP contribution in [0.15, 0.2) is 12.1 Å². The minimum Gasteiger partial charge on any atom is -0.480 e. The van der Waals surface area contributed by atoms with Gasteiger partial charge in [-0.3, -0.25) is 4.79 Å². The SMILES string of the molecule is CCNC(=O)NC(CCNC(=O)CCCCc1ccc2c(n1)NCCC2)C(=O)O. The van der Waals surface area contributed by atoms with Gasteiger partial charge in [0, 0.05) is 31.7 Å². The van der Waals surface area contributed by atoms with Gasteiger partial charge in [0.25, 0.3) is 0 Å². The molecule has 1 unspecified atom stereocenters. The first-order chi connectivity index (χ1) is 14.0. The molecule has 3 amide bonds. The fraction of sp³-hybridized carbons (Fsp3) is 0.600. The Morgan fingerprint density at radius 1 is 1.24 bits per heavy atom. The van der Waals surface area contributed by atoms with E-state index in [1.807, 2.05) is 0 Å². The number of fused-ring (bicyclic) bond motifs is 1. The van der Waals surface area contributed by atoms with Gasteiger partial charge >= 0.3 is 12.0 Å². The summed E-state index contributed by atoms with van der Waals surface area (Å²) in [7, 11) is 0. The lowest BCUT2D eigenvalue weighted by atomic mass is 10.1. The van der Waals surface area contributed by atoms with E-state index in [0.29, 0.717) is 13.0 Å². The number of carboxylic acids is 1. The highest BCUT2D eigenvalue weighted by atomic mass is 16.4. The van der Waals surface area contributed by atoms with Gasteiger partial charge in [0.1, 0.15) is 11.9 Å². The Labute approximate surface area is 171 Å². The second kappa shape index (κ2) is 11.9. The first-order valence-corrected chi connectivity index (χ1v) is 10.3. The molecule has 9 heteroatoms. The number of unbranched alkanes of at least 4 members (excludes halogenated alkanes) is 1. The molecule has 0 bridgehead atoms. The summed E-state index contributed by atoms with van der Waals surface area (Å²) >= 11 is 0. The van der Waals surface area contributed by atoms with E-state index in [9.17, 15) is 14.4 Å². The van der Waals surface area contributed by atoms with Gasteiger partial charge in [-0.05, 0) is 57.1 Å². The number of carbonyl (C=O) groups excluding carboxylic acids is 2. The fourth-order valence-corrected chi connectivity index (χ4v) is 3.17. The van der Waals surface area contributed by atoms with E-state index in [1.165, 1.54) is 5.56 Å². The Kier molecular flexibility index (Phi) is 9.20. The zero-order valence-corrected chi connectivity index (χ0v) is 16.9. The molecule has 1 atom stereocenters.